The van der Waals surface area contributed by atoms with Crippen LogP contribution in [0.4, 0.5) is 0 Å². The molecule has 318 valence electrons. The van der Waals surface area contributed by atoms with Crippen LogP contribution >= 0.6 is 0 Å². The Morgan fingerprint density at radius 1 is 0.217 bits per heavy atom. The molecule has 0 atom stereocenters. The van der Waals surface area contributed by atoms with Gasteiger partial charge >= 0.3 is 0 Å². The molecule has 16 rings (SSSR count). The first-order valence-electron chi connectivity index (χ1n) is 24.2. The van der Waals surface area contributed by atoms with Gasteiger partial charge in [0.2, 0.25) is 0 Å². The van der Waals surface area contributed by atoms with Gasteiger partial charge in [-0.15, -0.1) is 0 Å². The van der Waals surface area contributed by atoms with E-state index in [1.54, 1.807) is 0 Å². The molecule has 11 aromatic carbocycles. The fraction of sp³-hybridized carbons (Fsp3) is 0.0294. The third-order valence-electron chi connectivity index (χ3n) is 16.4. The number of rotatable bonds is 3. The summed E-state index contributed by atoms with van der Waals surface area (Å²) in [6.45, 7) is 0. The summed E-state index contributed by atoms with van der Waals surface area (Å²) >= 11 is 0. The summed E-state index contributed by atoms with van der Waals surface area (Å²) in [5, 5.41) is 2.49. The van der Waals surface area contributed by atoms with Crippen LogP contribution in [0.3, 0.4) is 0 Å². The molecule has 1 heterocycles. The van der Waals surface area contributed by atoms with Crippen molar-refractivity contribution in [3.63, 3.8) is 0 Å². The van der Waals surface area contributed by atoms with Crippen molar-refractivity contribution in [1.82, 2.24) is 4.57 Å². The van der Waals surface area contributed by atoms with E-state index in [2.05, 4.69) is 253 Å². The van der Waals surface area contributed by atoms with Crippen molar-refractivity contribution in [2.45, 2.75) is 10.8 Å². The predicted octanol–water partition coefficient (Wildman–Crippen LogP) is 16.8. The van der Waals surface area contributed by atoms with Crippen LogP contribution in [0.5, 0.6) is 0 Å². The van der Waals surface area contributed by atoms with Crippen molar-refractivity contribution in [3.8, 4) is 72.4 Å². The third-order valence-corrected chi connectivity index (χ3v) is 16.4. The summed E-state index contributed by atoms with van der Waals surface area (Å²) in [4.78, 5) is 0. The Hall–Kier alpha value is -8.78. The van der Waals surface area contributed by atoms with Crippen molar-refractivity contribution in [2.24, 2.45) is 0 Å². The summed E-state index contributed by atoms with van der Waals surface area (Å²) in [6, 6.07) is 94.1. The molecule has 0 aliphatic heterocycles. The van der Waals surface area contributed by atoms with E-state index in [9.17, 15) is 0 Å². The summed E-state index contributed by atoms with van der Waals surface area (Å²) in [5.41, 5.74) is 29.1. The summed E-state index contributed by atoms with van der Waals surface area (Å²) in [5.74, 6) is 0. The van der Waals surface area contributed by atoms with E-state index in [1.165, 1.54) is 133 Å². The average molecular weight is 872 g/mol. The lowest BCUT2D eigenvalue weighted by Gasteiger charge is -2.30. The lowest BCUT2D eigenvalue weighted by molar-refractivity contribution is 0.794. The van der Waals surface area contributed by atoms with Gasteiger partial charge < -0.3 is 4.57 Å². The minimum atomic E-state index is -0.393. The van der Waals surface area contributed by atoms with Crippen LogP contribution < -0.4 is 0 Å². The monoisotopic (exact) mass is 871 g/mol. The molecule has 0 amide bonds. The first-order valence-corrected chi connectivity index (χ1v) is 24.2. The topological polar surface area (TPSA) is 4.93 Å². The number of nitrogens with zero attached hydrogens (tertiary/aromatic N) is 1. The van der Waals surface area contributed by atoms with Crippen molar-refractivity contribution < 1.29 is 0 Å². The van der Waals surface area contributed by atoms with Gasteiger partial charge in [-0.05, 0) is 160 Å². The van der Waals surface area contributed by atoms with Crippen molar-refractivity contribution in [1.29, 1.82) is 0 Å². The molecule has 1 aromatic heterocycles. The highest BCUT2D eigenvalue weighted by Gasteiger charge is 2.53. The zero-order valence-electron chi connectivity index (χ0n) is 37.6. The molecule has 12 aromatic rings. The van der Waals surface area contributed by atoms with Crippen LogP contribution in [0.25, 0.3) is 94.3 Å². The molecule has 0 saturated carbocycles. The number of fused-ring (bicyclic) bond motifs is 23. The molecule has 1 heteroatoms. The van der Waals surface area contributed by atoms with Gasteiger partial charge in [0.15, 0.2) is 0 Å². The van der Waals surface area contributed by atoms with E-state index >= 15 is 0 Å². The summed E-state index contributed by atoms with van der Waals surface area (Å²) < 4.78 is 2.44. The molecule has 4 aliphatic carbocycles. The second-order valence-corrected chi connectivity index (χ2v) is 19.4. The number of hydrogen-bond donors (Lipinski definition) is 0. The van der Waals surface area contributed by atoms with Crippen LogP contribution in [-0.4, -0.2) is 4.57 Å². The van der Waals surface area contributed by atoms with E-state index < -0.39 is 10.8 Å². The predicted molar refractivity (Wildman–Crippen MR) is 284 cm³/mol. The number of para-hydroxylation sites is 1. The van der Waals surface area contributed by atoms with Crippen molar-refractivity contribution in [2.75, 3.05) is 0 Å². The highest BCUT2D eigenvalue weighted by atomic mass is 15.0. The molecule has 0 bridgehead atoms. The Bertz CT molecular complexity index is 3820. The van der Waals surface area contributed by atoms with Crippen LogP contribution in [0.15, 0.2) is 249 Å². The average Bonchev–Trinajstić information content (AvgIpc) is 4.18. The molecule has 0 fully saturated rings. The molecule has 4 aliphatic rings. The van der Waals surface area contributed by atoms with Gasteiger partial charge in [0, 0.05) is 16.5 Å². The van der Waals surface area contributed by atoms with E-state index in [4.69, 9.17) is 0 Å². The van der Waals surface area contributed by atoms with Crippen LogP contribution in [-0.2, 0) is 10.8 Å². The lowest BCUT2D eigenvalue weighted by Crippen LogP contribution is -2.25. The molecule has 0 saturated heterocycles. The second-order valence-electron chi connectivity index (χ2n) is 19.4. The maximum absolute atomic E-state index is 2.51. The van der Waals surface area contributed by atoms with Crippen LogP contribution in [0.1, 0.15) is 44.5 Å². The molecule has 2 spiro atoms. The van der Waals surface area contributed by atoms with Gasteiger partial charge in [0.25, 0.3) is 0 Å². The highest BCUT2D eigenvalue weighted by Crippen LogP contribution is 2.65. The van der Waals surface area contributed by atoms with E-state index in [0.717, 1.165) is 5.69 Å². The number of hydrogen-bond acceptors (Lipinski definition) is 0. The Morgan fingerprint density at radius 2 is 0.493 bits per heavy atom. The molecule has 1 nitrogen and oxygen atoms in total. The fourth-order valence-corrected chi connectivity index (χ4v) is 13.8. The number of benzene rings is 11. The van der Waals surface area contributed by atoms with Gasteiger partial charge in [0.05, 0.1) is 21.9 Å². The quantitative estimate of drug-likeness (QED) is 0.167. The van der Waals surface area contributed by atoms with Crippen molar-refractivity contribution >= 4 is 21.8 Å². The van der Waals surface area contributed by atoms with Gasteiger partial charge in [-0.2, -0.15) is 0 Å². The Balaban J connectivity index is 0.903. The molecular formula is C68H41N. The summed E-state index contributed by atoms with van der Waals surface area (Å²) in [6.07, 6.45) is 0. The Kier molecular flexibility index (Phi) is 7.27. The van der Waals surface area contributed by atoms with Crippen molar-refractivity contribution in [3.05, 3.63) is 293 Å². The second kappa shape index (κ2) is 13.4. The van der Waals surface area contributed by atoms with E-state index in [0.29, 0.717) is 0 Å². The third kappa shape index (κ3) is 4.60. The Morgan fingerprint density at radius 3 is 0.841 bits per heavy atom. The molecule has 0 radical (unpaired) electrons. The van der Waals surface area contributed by atoms with Crippen LogP contribution in [0.2, 0.25) is 0 Å². The highest BCUT2D eigenvalue weighted by molar-refractivity contribution is 6.12. The normalized spacial score (nSPS) is 14.3. The minimum Gasteiger partial charge on any atom is -0.309 e. The minimum absolute atomic E-state index is 0.393. The first-order chi connectivity index (χ1) is 34.2. The molecular weight excluding hydrogens is 831 g/mol. The first kappa shape index (κ1) is 37.3. The Labute approximate surface area is 400 Å². The maximum atomic E-state index is 2.51. The smallest absolute Gasteiger partial charge is 0.0725 e. The maximum Gasteiger partial charge on any atom is 0.0725 e. The largest absolute Gasteiger partial charge is 0.309 e. The van der Waals surface area contributed by atoms with Gasteiger partial charge in [-0.3, -0.25) is 0 Å². The molecule has 0 unspecified atom stereocenters. The number of aromatic nitrogens is 1. The zero-order valence-corrected chi connectivity index (χ0v) is 37.6. The fourth-order valence-electron chi connectivity index (χ4n) is 13.8. The lowest BCUT2D eigenvalue weighted by atomic mass is 9.70. The SMILES string of the molecule is c1ccc(-n2c3ccc(-c4ccc5c(c4)C4(c6ccccc6-c6ccccc64)c4ccccc4-5)cc3c3cc(-c4ccc5c(c4)C4(c6ccccc6-c6ccccc64)c4ccccc4-5)ccc32)cc1. The van der Waals surface area contributed by atoms with Crippen LogP contribution in [0, 0.1) is 0 Å². The zero-order chi connectivity index (χ0) is 45.0. The van der Waals surface area contributed by atoms with E-state index in [-0.39, 0.29) is 0 Å². The van der Waals surface area contributed by atoms with Gasteiger partial charge in [0.1, 0.15) is 0 Å². The standard InChI is InChI=1S/C68H41N/c1-2-16-46(17-3-1)69-65-36-32-42(44-30-34-53-51-22-8-14-28-61(51)67(63(53)40-44)57-24-10-4-18-47(57)48-19-5-11-25-58(48)67)38-55(65)56-39-43(33-37-66(56)69)45-31-35-54-52-23-9-15-29-62(52)68(64(54)41-45)59-26-12-6-20-49(59)50-21-7-13-27-60(50)68/h1-41H. The van der Waals surface area contributed by atoms with Gasteiger partial charge in [-0.1, -0.05) is 200 Å². The molecule has 69 heavy (non-hydrogen) atoms. The van der Waals surface area contributed by atoms with Gasteiger partial charge in [-0.25, -0.2) is 0 Å². The molecule has 0 N–H and O–H groups in total. The summed E-state index contributed by atoms with van der Waals surface area (Å²) in [7, 11) is 0. The van der Waals surface area contributed by atoms with E-state index in [1.807, 2.05) is 0 Å².